The fraction of sp³-hybridized carbons (Fsp3) is 0.238. The third-order valence-corrected chi connectivity index (χ3v) is 5.12. The zero-order valence-electron chi connectivity index (χ0n) is 15.7. The first kappa shape index (κ1) is 19.7. The molecule has 28 heavy (non-hydrogen) atoms. The summed E-state index contributed by atoms with van der Waals surface area (Å²) in [5.41, 5.74) is 1.30. The van der Waals surface area contributed by atoms with Crippen LogP contribution in [-0.4, -0.2) is 36.4 Å². The van der Waals surface area contributed by atoms with Crippen molar-refractivity contribution in [3.8, 4) is 27.8 Å². The molecular weight excluding hydrogens is 378 g/mol. The van der Waals surface area contributed by atoms with Crippen LogP contribution in [0.25, 0.3) is 10.6 Å². The summed E-state index contributed by atoms with van der Waals surface area (Å²) in [6, 6.07) is 14.9. The van der Waals surface area contributed by atoms with Crippen molar-refractivity contribution in [1.82, 2.24) is 4.98 Å². The van der Waals surface area contributed by atoms with Crippen LogP contribution in [0.4, 0.5) is 0 Å². The summed E-state index contributed by atoms with van der Waals surface area (Å²) < 4.78 is 16.9. The minimum atomic E-state index is -0.965. The number of rotatable bonds is 9. The van der Waals surface area contributed by atoms with Crippen LogP contribution in [0, 0.1) is 0 Å². The molecule has 7 heteroatoms. The molecule has 0 saturated heterocycles. The molecule has 0 aliphatic heterocycles. The van der Waals surface area contributed by atoms with E-state index in [9.17, 15) is 9.90 Å². The monoisotopic (exact) mass is 399 g/mol. The summed E-state index contributed by atoms with van der Waals surface area (Å²) >= 11 is 1.15. The lowest BCUT2D eigenvalue weighted by Gasteiger charge is -2.12. The van der Waals surface area contributed by atoms with E-state index in [0.717, 1.165) is 22.6 Å². The van der Waals surface area contributed by atoms with Crippen LogP contribution in [-0.2, 0) is 6.42 Å². The molecule has 0 atom stereocenters. The summed E-state index contributed by atoms with van der Waals surface area (Å²) in [5.74, 6) is 1.03. The standard InChI is InChI=1S/C21H21NO5S/c1-3-17-19(21(23)24)28-20(22-17)16-10-9-15(25-2)13-18(16)27-12-11-26-14-7-5-4-6-8-14/h4-10,13H,3,11-12H2,1-2H3,(H,23,24). The summed E-state index contributed by atoms with van der Waals surface area (Å²) in [5, 5.41) is 10.00. The maximum Gasteiger partial charge on any atom is 0.347 e. The predicted octanol–water partition coefficient (Wildman–Crippen LogP) is 4.54. The number of ether oxygens (including phenoxy) is 3. The van der Waals surface area contributed by atoms with E-state index in [1.807, 2.05) is 43.3 Å². The van der Waals surface area contributed by atoms with E-state index < -0.39 is 5.97 Å². The number of aromatic nitrogens is 1. The first-order chi connectivity index (χ1) is 13.6. The highest BCUT2D eigenvalue weighted by atomic mass is 32.1. The van der Waals surface area contributed by atoms with Gasteiger partial charge in [-0.25, -0.2) is 9.78 Å². The Kier molecular flexibility index (Phi) is 6.49. The van der Waals surface area contributed by atoms with Gasteiger partial charge in [-0.2, -0.15) is 0 Å². The van der Waals surface area contributed by atoms with E-state index in [-0.39, 0.29) is 4.88 Å². The van der Waals surface area contributed by atoms with Gasteiger partial charge in [-0.05, 0) is 30.7 Å². The molecule has 0 bridgehead atoms. The Morgan fingerprint density at radius 1 is 1.07 bits per heavy atom. The number of thiazole rings is 1. The smallest absolute Gasteiger partial charge is 0.347 e. The Morgan fingerprint density at radius 2 is 1.82 bits per heavy atom. The van der Waals surface area contributed by atoms with E-state index in [1.165, 1.54) is 0 Å². The summed E-state index contributed by atoms with van der Waals surface area (Å²) in [7, 11) is 1.58. The Morgan fingerprint density at radius 3 is 2.46 bits per heavy atom. The highest BCUT2D eigenvalue weighted by Gasteiger charge is 2.19. The Labute approximate surface area is 167 Å². The molecule has 0 amide bonds. The molecule has 0 radical (unpaired) electrons. The highest BCUT2D eigenvalue weighted by Crippen LogP contribution is 2.37. The normalized spacial score (nSPS) is 10.5. The number of benzene rings is 2. The van der Waals surface area contributed by atoms with Crippen LogP contribution >= 0.6 is 11.3 Å². The number of nitrogens with zero attached hydrogens (tertiary/aromatic N) is 1. The van der Waals surface area contributed by atoms with Gasteiger partial charge in [0.25, 0.3) is 0 Å². The van der Waals surface area contributed by atoms with Crippen LogP contribution in [0.2, 0.25) is 0 Å². The summed E-state index contributed by atoms with van der Waals surface area (Å²) in [6.45, 7) is 2.59. The molecule has 6 nitrogen and oxygen atoms in total. The quantitative estimate of drug-likeness (QED) is 0.533. The molecule has 0 saturated carbocycles. The number of carboxylic acids is 1. The van der Waals surface area contributed by atoms with Crippen molar-refractivity contribution < 1.29 is 24.1 Å². The molecule has 0 aliphatic carbocycles. The number of hydrogen-bond acceptors (Lipinski definition) is 6. The van der Waals surface area contributed by atoms with Gasteiger partial charge < -0.3 is 19.3 Å². The number of hydrogen-bond donors (Lipinski definition) is 1. The molecule has 1 aromatic heterocycles. The molecule has 0 spiro atoms. The fourth-order valence-corrected chi connectivity index (χ4v) is 3.65. The number of aryl methyl sites for hydroxylation is 1. The summed E-state index contributed by atoms with van der Waals surface area (Å²) in [6.07, 6.45) is 0.551. The van der Waals surface area contributed by atoms with Crippen molar-refractivity contribution in [2.24, 2.45) is 0 Å². The second-order valence-corrected chi connectivity index (χ2v) is 6.82. The van der Waals surface area contributed by atoms with Gasteiger partial charge in [0, 0.05) is 6.07 Å². The van der Waals surface area contributed by atoms with Crippen molar-refractivity contribution in [2.45, 2.75) is 13.3 Å². The van der Waals surface area contributed by atoms with Gasteiger partial charge in [-0.3, -0.25) is 0 Å². The number of methoxy groups -OCH3 is 1. The van der Waals surface area contributed by atoms with Gasteiger partial charge in [0.2, 0.25) is 0 Å². The molecule has 1 heterocycles. The lowest BCUT2D eigenvalue weighted by molar-refractivity contribution is 0.0701. The zero-order chi connectivity index (χ0) is 19.9. The van der Waals surface area contributed by atoms with Crippen molar-refractivity contribution in [3.63, 3.8) is 0 Å². The first-order valence-corrected chi connectivity index (χ1v) is 9.66. The van der Waals surface area contributed by atoms with Gasteiger partial charge in [-0.1, -0.05) is 25.1 Å². The van der Waals surface area contributed by atoms with Gasteiger partial charge in [0.05, 0.1) is 18.4 Å². The third kappa shape index (κ3) is 4.61. The number of aromatic carboxylic acids is 1. The average Bonchev–Trinajstić information content (AvgIpc) is 3.16. The van der Waals surface area contributed by atoms with E-state index in [4.69, 9.17) is 14.2 Å². The van der Waals surface area contributed by atoms with Crippen LogP contribution in [0.1, 0.15) is 22.3 Å². The van der Waals surface area contributed by atoms with Gasteiger partial charge in [0.1, 0.15) is 40.3 Å². The minimum Gasteiger partial charge on any atom is -0.497 e. The average molecular weight is 399 g/mol. The van der Waals surface area contributed by atoms with Gasteiger partial charge in [-0.15, -0.1) is 11.3 Å². The molecule has 0 fully saturated rings. The van der Waals surface area contributed by atoms with E-state index >= 15 is 0 Å². The van der Waals surface area contributed by atoms with Crippen molar-refractivity contribution in [1.29, 1.82) is 0 Å². The van der Waals surface area contributed by atoms with Crippen LogP contribution in [0.3, 0.4) is 0 Å². The number of para-hydroxylation sites is 1. The lowest BCUT2D eigenvalue weighted by Crippen LogP contribution is -2.09. The Bertz CT molecular complexity index is 939. The second-order valence-electron chi connectivity index (χ2n) is 5.83. The van der Waals surface area contributed by atoms with Crippen LogP contribution in [0.15, 0.2) is 48.5 Å². The molecular formula is C21H21NO5S. The topological polar surface area (TPSA) is 77.9 Å². The maximum atomic E-state index is 11.5. The van der Waals surface area contributed by atoms with E-state index in [1.54, 1.807) is 19.2 Å². The Hall–Kier alpha value is -3.06. The highest BCUT2D eigenvalue weighted by molar-refractivity contribution is 7.17. The van der Waals surface area contributed by atoms with Crippen LogP contribution in [0.5, 0.6) is 17.2 Å². The Balaban J connectivity index is 1.79. The first-order valence-electron chi connectivity index (χ1n) is 8.84. The third-order valence-electron chi connectivity index (χ3n) is 4.00. The molecule has 3 aromatic rings. The van der Waals surface area contributed by atoms with E-state index in [2.05, 4.69) is 4.98 Å². The molecule has 3 rings (SSSR count). The largest absolute Gasteiger partial charge is 0.497 e. The van der Waals surface area contributed by atoms with Crippen molar-refractivity contribution >= 4 is 17.3 Å². The predicted molar refractivity (Wildman–Crippen MR) is 108 cm³/mol. The van der Waals surface area contributed by atoms with Crippen molar-refractivity contribution in [2.75, 3.05) is 20.3 Å². The fourth-order valence-electron chi connectivity index (χ4n) is 2.63. The molecule has 2 aromatic carbocycles. The summed E-state index contributed by atoms with van der Waals surface area (Å²) in [4.78, 5) is 16.2. The van der Waals surface area contributed by atoms with E-state index in [0.29, 0.717) is 41.8 Å². The molecule has 146 valence electrons. The SMILES string of the molecule is CCc1nc(-c2ccc(OC)cc2OCCOc2ccccc2)sc1C(=O)O. The maximum absolute atomic E-state index is 11.5. The van der Waals surface area contributed by atoms with Gasteiger partial charge in [0.15, 0.2) is 0 Å². The second kappa shape index (κ2) is 9.23. The minimum absolute atomic E-state index is 0.256. The van der Waals surface area contributed by atoms with Crippen LogP contribution < -0.4 is 14.2 Å². The number of carbonyl (C=O) groups is 1. The van der Waals surface area contributed by atoms with Crippen molar-refractivity contribution in [3.05, 3.63) is 59.1 Å². The molecule has 0 unspecified atom stereocenters. The lowest BCUT2D eigenvalue weighted by atomic mass is 10.2. The zero-order valence-corrected chi connectivity index (χ0v) is 16.5. The van der Waals surface area contributed by atoms with Gasteiger partial charge >= 0.3 is 5.97 Å². The molecule has 1 N–H and O–H groups in total. The number of carboxylic acid groups (broad SMARTS) is 1. The molecule has 0 aliphatic rings.